The Labute approximate surface area is 101 Å². The minimum absolute atomic E-state index is 0.0912. The molecule has 1 aromatic rings. The lowest BCUT2D eigenvalue weighted by Gasteiger charge is -2.11. The van der Waals surface area contributed by atoms with Crippen LogP contribution in [0.25, 0.3) is 0 Å². The molecule has 5 nitrogen and oxygen atoms in total. The third-order valence-corrected chi connectivity index (χ3v) is 3.76. The number of benzene rings is 1. The number of aryl methyl sites for hydroxylation is 1. The fraction of sp³-hybridized carbons (Fsp3) is 0.455. The van der Waals surface area contributed by atoms with Gasteiger partial charge < -0.3 is 19.9 Å². The molecule has 0 spiro atoms. The predicted molar refractivity (Wildman–Crippen MR) is 67.4 cm³/mol. The van der Waals surface area contributed by atoms with Crippen LogP contribution in [0.5, 0.6) is 5.75 Å². The molecule has 0 saturated carbocycles. The number of hydrogen-bond donors (Lipinski definition) is 2. The quantitative estimate of drug-likeness (QED) is 0.603. The van der Waals surface area contributed by atoms with Crippen molar-refractivity contribution >= 4 is 13.3 Å². The van der Waals surface area contributed by atoms with Gasteiger partial charge in [-0.15, -0.1) is 0 Å². The molecular weight excluding hydrogens is 241 g/mol. The monoisotopic (exact) mass is 259 g/mol. The van der Waals surface area contributed by atoms with Crippen molar-refractivity contribution < 1.29 is 18.7 Å². The third-order valence-electron chi connectivity index (χ3n) is 2.31. The lowest BCUT2D eigenvalue weighted by Crippen LogP contribution is -1.99. The second kappa shape index (κ2) is 6.05. The van der Waals surface area contributed by atoms with E-state index < -0.39 is 7.60 Å². The van der Waals surface area contributed by atoms with Crippen LogP contribution in [0.4, 0.5) is 5.69 Å². The molecule has 3 N–H and O–H groups in total. The standard InChI is InChI=1S/C11H18NO4P/c1-3-16-17(13,14)7-6-9-4-5-10(12)11(8-9)15-2/h4-5,8H,3,6-7,12H2,1-2H3,(H,13,14). The molecule has 17 heavy (non-hydrogen) atoms. The summed E-state index contributed by atoms with van der Waals surface area (Å²) in [4.78, 5) is 9.43. The molecular formula is C11H18NO4P. The van der Waals surface area contributed by atoms with Gasteiger partial charge in [0.25, 0.3) is 0 Å². The van der Waals surface area contributed by atoms with E-state index in [-0.39, 0.29) is 12.8 Å². The van der Waals surface area contributed by atoms with Crippen molar-refractivity contribution in [2.45, 2.75) is 13.3 Å². The SMILES string of the molecule is CCOP(=O)(O)CCc1ccc(N)c(OC)c1. The van der Waals surface area contributed by atoms with Crippen molar-refractivity contribution in [3.63, 3.8) is 0 Å². The van der Waals surface area contributed by atoms with Crippen molar-refractivity contribution in [3.05, 3.63) is 23.8 Å². The molecule has 0 aliphatic carbocycles. The molecule has 1 unspecified atom stereocenters. The van der Waals surface area contributed by atoms with Gasteiger partial charge in [-0.05, 0) is 31.0 Å². The summed E-state index contributed by atoms with van der Waals surface area (Å²) in [5.74, 6) is 0.576. The highest BCUT2D eigenvalue weighted by molar-refractivity contribution is 7.52. The Hall–Kier alpha value is -1.03. The van der Waals surface area contributed by atoms with Gasteiger partial charge in [0.05, 0.1) is 25.6 Å². The van der Waals surface area contributed by atoms with Crippen molar-refractivity contribution in [1.82, 2.24) is 0 Å². The number of nitrogen functional groups attached to an aromatic ring is 1. The van der Waals surface area contributed by atoms with E-state index in [9.17, 15) is 9.46 Å². The number of anilines is 1. The van der Waals surface area contributed by atoms with E-state index in [0.717, 1.165) is 5.56 Å². The highest BCUT2D eigenvalue weighted by Gasteiger charge is 2.18. The maximum atomic E-state index is 11.5. The van der Waals surface area contributed by atoms with Gasteiger partial charge in [0.1, 0.15) is 5.75 Å². The zero-order valence-corrected chi connectivity index (χ0v) is 10.9. The van der Waals surface area contributed by atoms with Crippen LogP contribution >= 0.6 is 7.60 Å². The van der Waals surface area contributed by atoms with Gasteiger partial charge in [-0.25, -0.2) is 0 Å². The predicted octanol–water partition coefficient (Wildman–Crippen LogP) is 2.04. The summed E-state index contributed by atoms with van der Waals surface area (Å²) in [5.41, 5.74) is 7.12. The molecule has 0 heterocycles. The minimum Gasteiger partial charge on any atom is -0.495 e. The summed E-state index contributed by atoms with van der Waals surface area (Å²) >= 11 is 0. The maximum absolute atomic E-state index is 11.5. The summed E-state index contributed by atoms with van der Waals surface area (Å²) < 4.78 is 21.3. The van der Waals surface area contributed by atoms with Gasteiger partial charge in [-0.2, -0.15) is 0 Å². The molecule has 0 bridgehead atoms. The van der Waals surface area contributed by atoms with Crippen LogP contribution in [0.2, 0.25) is 0 Å². The maximum Gasteiger partial charge on any atom is 0.328 e. The Balaban J connectivity index is 2.67. The van der Waals surface area contributed by atoms with E-state index in [4.69, 9.17) is 15.0 Å². The van der Waals surface area contributed by atoms with Crippen LogP contribution in [-0.2, 0) is 15.5 Å². The molecule has 1 atom stereocenters. The fourth-order valence-corrected chi connectivity index (χ4v) is 2.52. The van der Waals surface area contributed by atoms with Crippen LogP contribution in [0, 0.1) is 0 Å². The lowest BCUT2D eigenvalue weighted by atomic mass is 10.1. The Morgan fingerprint density at radius 2 is 2.18 bits per heavy atom. The first-order valence-corrected chi connectivity index (χ1v) is 7.13. The molecule has 0 amide bonds. The van der Waals surface area contributed by atoms with Gasteiger partial charge in [-0.1, -0.05) is 6.07 Å². The zero-order valence-electron chi connectivity index (χ0n) is 10.0. The number of rotatable bonds is 6. The number of hydrogen-bond acceptors (Lipinski definition) is 4. The van der Waals surface area contributed by atoms with E-state index in [1.54, 1.807) is 19.1 Å². The fourth-order valence-electron chi connectivity index (χ4n) is 1.45. The number of nitrogens with two attached hydrogens (primary N) is 1. The summed E-state index contributed by atoms with van der Waals surface area (Å²) in [6, 6.07) is 5.29. The zero-order chi connectivity index (χ0) is 12.9. The topological polar surface area (TPSA) is 81.8 Å². The van der Waals surface area contributed by atoms with Crippen LogP contribution in [0.3, 0.4) is 0 Å². The highest BCUT2D eigenvalue weighted by atomic mass is 31.2. The Morgan fingerprint density at radius 1 is 1.47 bits per heavy atom. The Morgan fingerprint density at radius 3 is 2.76 bits per heavy atom. The average molecular weight is 259 g/mol. The summed E-state index contributed by atoms with van der Waals surface area (Å²) in [6.45, 7) is 1.92. The van der Waals surface area contributed by atoms with Crippen LogP contribution < -0.4 is 10.5 Å². The van der Waals surface area contributed by atoms with Crippen LogP contribution in [0.1, 0.15) is 12.5 Å². The molecule has 0 aliphatic rings. The molecule has 0 aromatic heterocycles. The molecule has 0 fully saturated rings. The van der Waals surface area contributed by atoms with E-state index in [1.807, 2.05) is 6.07 Å². The van der Waals surface area contributed by atoms with E-state index in [2.05, 4.69) is 0 Å². The number of methoxy groups -OCH3 is 1. The van der Waals surface area contributed by atoms with Gasteiger partial charge in [0.2, 0.25) is 0 Å². The van der Waals surface area contributed by atoms with E-state index in [1.165, 1.54) is 7.11 Å². The van der Waals surface area contributed by atoms with E-state index >= 15 is 0 Å². The largest absolute Gasteiger partial charge is 0.495 e. The van der Waals surface area contributed by atoms with E-state index in [0.29, 0.717) is 17.9 Å². The second-order valence-electron chi connectivity index (χ2n) is 3.61. The third kappa shape index (κ3) is 4.38. The molecule has 0 saturated heterocycles. The molecule has 1 aromatic carbocycles. The van der Waals surface area contributed by atoms with Crippen LogP contribution in [0.15, 0.2) is 18.2 Å². The van der Waals surface area contributed by atoms with Gasteiger partial charge in [0.15, 0.2) is 0 Å². The van der Waals surface area contributed by atoms with Gasteiger partial charge in [-0.3, -0.25) is 4.57 Å². The lowest BCUT2D eigenvalue weighted by molar-refractivity contribution is 0.274. The normalized spacial score (nSPS) is 14.3. The van der Waals surface area contributed by atoms with Crippen molar-refractivity contribution in [2.75, 3.05) is 25.6 Å². The van der Waals surface area contributed by atoms with Crippen molar-refractivity contribution in [2.24, 2.45) is 0 Å². The minimum atomic E-state index is -3.47. The van der Waals surface area contributed by atoms with Crippen molar-refractivity contribution in [1.29, 1.82) is 0 Å². The highest BCUT2D eigenvalue weighted by Crippen LogP contribution is 2.42. The average Bonchev–Trinajstić information content (AvgIpc) is 2.28. The second-order valence-corrected chi connectivity index (χ2v) is 5.59. The molecule has 0 radical (unpaired) electrons. The Bertz CT molecular complexity index is 422. The molecule has 0 aliphatic heterocycles. The van der Waals surface area contributed by atoms with Crippen molar-refractivity contribution in [3.8, 4) is 5.75 Å². The first-order valence-electron chi connectivity index (χ1n) is 5.37. The summed E-state index contributed by atoms with van der Waals surface area (Å²) in [7, 11) is -1.93. The van der Waals surface area contributed by atoms with Crippen LogP contribution in [-0.4, -0.2) is 24.8 Å². The van der Waals surface area contributed by atoms with Gasteiger partial charge >= 0.3 is 7.60 Å². The summed E-state index contributed by atoms with van der Waals surface area (Å²) in [5, 5.41) is 0. The Kier molecular flexibility index (Phi) is 5.00. The molecule has 1 rings (SSSR count). The molecule has 6 heteroatoms. The first-order chi connectivity index (χ1) is 7.98. The number of ether oxygens (including phenoxy) is 1. The summed E-state index contributed by atoms with van der Waals surface area (Å²) in [6.07, 6.45) is 0.540. The molecule has 96 valence electrons. The first kappa shape index (κ1) is 14.0. The smallest absolute Gasteiger partial charge is 0.328 e. The van der Waals surface area contributed by atoms with Gasteiger partial charge in [0, 0.05) is 0 Å².